The summed E-state index contributed by atoms with van der Waals surface area (Å²) in [6.45, 7) is 4.69. The predicted molar refractivity (Wildman–Crippen MR) is 62.7 cm³/mol. The fourth-order valence-corrected chi connectivity index (χ4v) is 2.55. The van der Waals surface area contributed by atoms with Crippen molar-refractivity contribution in [1.82, 2.24) is 10.3 Å². The Labute approximate surface area is 92.1 Å². The number of nitrogens with zero attached hydrogens (tertiary/aromatic N) is 1. The van der Waals surface area contributed by atoms with Crippen LogP contribution in [0.5, 0.6) is 0 Å². The average molecular weight is 204 g/mol. The van der Waals surface area contributed by atoms with Crippen molar-refractivity contribution in [2.75, 3.05) is 13.1 Å². The van der Waals surface area contributed by atoms with Crippen LogP contribution in [0.2, 0.25) is 0 Å². The van der Waals surface area contributed by atoms with E-state index in [4.69, 9.17) is 0 Å². The lowest BCUT2D eigenvalue weighted by Gasteiger charge is -2.31. The molecule has 2 nitrogen and oxygen atoms in total. The number of rotatable bonds is 3. The maximum absolute atomic E-state index is 4.07. The highest BCUT2D eigenvalue weighted by atomic mass is 14.9. The predicted octanol–water partition coefficient (Wildman–Crippen LogP) is 2.26. The summed E-state index contributed by atoms with van der Waals surface area (Å²) in [5.41, 5.74) is 1.44. The molecule has 2 heterocycles. The number of piperidine rings is 1. The fourth-order valence-electron chi connectivity index (χ4n) is 2.55. The van der Waals surface area contributed by atoms with Crippen LogP contribution in [0.15, 0.2) is 24.5 Å². The maximum atomic E-state index is 4.07. The molecule has 1 N–H and O–H groups in total. The molecule has 2 heteroatoms. The van der Waals surface area contributed by atoms with Gasteiger partial charge in [-0.25, -0.2) is 0 Å². The van der Waals surface area contributed by atoms with E-state index in [2.05, 4.69) is 29.4 Å². The molecule has 0 amide bonds. The summed E-state index contributed by atoms with van der Waals surface area (Å²) < 4.78 is 0. The van der Waals surface area contributed by atoms with Gasteiger partial charge in [-0.15, -0.1) is 0 Å². The molecule has 0 radical (unpaired) electrons. The Morgan fingerprint density at radius 3 is 2.87 bits per heavy atom. The van der Waals surface area contributed by atoms with Gasteiger partial charge in [0.1, 0.15) is 0 Å². The lowest BCUT2D eigenvalue weighted by Crippen LogP contribution is -2.37. The molecule has 1 saturated heterocycles. The highest BCUT2D eigenvalue weighted by molar-refractivity contribution is 5.11. The van der Waals surface area contributed by atoms with Gasteiger partial charge < -0.3 is 5.32 Å². The first-order chi connectivity index (χ1) is 7.40. The second-order valence-corrected chi connectivity index (χ2v) is 4.48. The van der Waals surface area contributed by atoms with E-state index < -0.39 is 0 Å². The lowest BCUT2D eigenvalue weighted by molar-refractivity contribution is 0.246. The number of aromatic nitrogens is 1. The van der Waals surface area contributed by atoms with Crippen LogP contribution in [0.3, 0.4) is 0 Å². The van der Waals surface area contributed by atoms with E-state index in [-0.39, 0.29) is 0 Å². The summed E-state index contributed by atoms with van der Waals surface area (Å²) in [7, 11) is 0. The summed E-state index contributed by atoms with van der Waals surface area (Å²) in [5, 5.41) is 3.49. The van der Waals surface area contributed by atoms with Crippen molar-refractivity contribution in [1.29, 1.82) is 0 Å². The zero-order chi connectivity index (χ0) is 10.5. The van der Waals surface area contributed by atoms with Gasteiger partial charge in [-0.3, -0.25) is 4.98 Å². The van der Waals surface area contributed by atoms with E-state index in [1.165, 1.54) is 37.9 Å². The van der Waals surface area contributed by atoms with Crippen LogP contribution >= 0.6 is 0 Å². The van der Waals surface area contributed by atoms with Crippen molar-refractivity contribution in [3.05, 3.63) is 30.1 Å². The SMILES string of the molecule is CCC1CNCCC1Cc1ccncc1. The molecule has 0 aromatic carbocycles. The van der Waals surface area contributed by atoms with Crippen LogP contribution < -0.4 is 5.32 Å². The molecule has 0 bridgehead atoms. The molecule has 1 fully saturated rings. The number of nitrogens with one attached hydrogen (secondary N) is 1. The minimum atomic E-state index is 0.854. The molecular weight excluding hydrogens is 184 g/mol. The van der Waals surface area contributed by atoms with Crippen molar-refractivity contribution in [3.8, 4) is 0 Å². The summed E-state index contributed by atoms with van der Waals surface area (Å²) in [6.07, 6.45) is 7.64. The summed E-state index contributed by atoms with van der Waals surface area (Å²) in [6, 6.07) is 4.30. The van der Waals surface area contributed by atoms with Gasteiger partial charge in [0.15, 0.2) is 0 Å². The smallest absolute Gasteiger partial charge is 0.0270 e. The van der Waals surface area contributed by atoms with Crippen molar-refractivity contribution in [3.63, 3.8) is 0 Å². The molecule has 2 atom stereocenters. The van der Waals surface area contributed by atoms with Gasteiger partial charge in [-0.2, -0.15) is 0 Å². The van der Waals surface area contributed by atoms with Crippen LogP contribution in [0.4, 0.5) is 0 Å². The Morgan fingerprint density at radius 1 is 1.33 bits per heavy atom. The van der Waals surface area contributed by atoms with Crippen molar-refractivity contribution in [2.45, 2.75) is 26.2 Å². The number of hydrogen-bond acceptors (Lipinski definition) is 2. The van der Waals surface area contributed by atoms with Crippen LogP contribution in [-0.2, 0) is 6.42 Å². The Kier molecular flexibility index (Phi) is 3.73. The Bertz CT molecular complexity index is 284. The largest absolute Gasteiger partial charge is 0.316 e. The first-order valence-corrected chi connectivity index (χ1v) is 5.99. The van der Waals surface area contributed by atoms with Gasteiger partial charge in [0.25, 0.3) is 0 Å². The molecule has 1 aliphatic heterocycles. The Morgan fingerprint density at radius 2 is 2.13 bits per heavy atom. The third-order valence-electron chi connectivity index (χ3n) is 3.54. The second-order valence-electron chi connectivity index (χ2n) is 4.48. The fraction of sp³-hybridized carbons (Fsp3) is 0.615. The summed E-state index contributed by atoms with van der Waals surface area (Å²) in [4.78, 5) is 4.07. The third-order valence-corrected chi connectivity index (χ3v) is 3.54. The van der Waals surface area contributed by atoms with Gasteiger partial charge in [-0.05, 0) is 55.5 Å². The summed E-state index contributed by atoms with van der Waals surface area (Å²) >= 11 is 0. The Balaban J connectivity index is 1.97. The monoisotopic (exact) mass is 204 g/mol. The van der Waals surface area contributed by atoms with Crippen LogP contribution in [0.1, 0.15) is 25.3 Å². The maximum Gasteiger partial charge on any atom is 0.0270 e. The van der Waals surface area contributed by atoms with E-state index in [0.29, 0.717) is 0 Å². The molecule has 15 heavy (non-hydrogen) atoms. The highest BCUT2D eigenvalue weighted by Gasteiger charge is 2.23. The van der Waals surface area contributed by atoms with Gasteiger partial charge in [0.05, 0.1) is 0 Å². The van der Waals surface area contributed by atoms with Gasteiger partial charge in [0, 0.05) is 12.4 Å². The van der Waals surface area contributed by atoms with Crippen molar-refractivity contribution < 1.29 is 0 Å². The van der Waals surface area contributed by atoms with E-state index >= 15 is 0 Å². The zero-order valence-electron chi connectivity index (χ0n) is 9.45. The van der Waals surface area contributed by atoms with Crippen LogP contribution in [0.25, 0.3) is 0 Å². The third kappa shape index (κ3) is 2.78. The Hall–Kier alpha value is -0.890. The number of hydrogen-bond donors (Lipinski definition) is 1. The molecule has 1 aliphatic rings. The molecule has 1 aromatic rings. The molecule has 2 unspecified atom stereocenters. The average Bonchev–Trinajstić information content (AvgIpc) is 2.31. The standard InChI is InChI=1S/C13H20N2/c1-2-12-10-15-8-5-13(12)9-11-3-6-14-7-4-11/h3-4,6-7,12-13,15H,2,5,8-10H2,1H3. The van der Waals surface area contributed by atoms with E-state index in [1.54, 1.807) is 0 Å². The van der Waals surface area contributed by atoms with Crippen molar-refractivity contribution in [2.24, 2.45) is 11.8 Å². The number of pyridine rings is 1. The molecule has 1 aromatic heterocycles. The first-order valence-electron chi connectivity index (χ1n) is 5.99. The normalized spacial score (nSPS) is 26.5. The topological polar surface area (TPSA) is 24.9 Å². The molecule has 0 spiro atoms. The minimum absolute atomic E-state index is 0.854. The van der Waals surface area contributed by atoms with Gasteiger partial charge in [-0.1, -0.05) is 13.3 Å². The van der Waals surface area contributed by atoms with Crippen LogP contribution in [0, 0.1) is 11.8 Å². The molecule has 82 valence electrons. The van der Waals surface area contributed by atoms with E-state index in [0.717, 1.165) is 11.8 Å². The second kappa shape index (κ2) is 5.26. The highest BCUT2D eigenvalue weighted by Crippen LogP contribution is 2.25. The first kappa shape index (κ1) is 10.6. The van der Waals surface area contributed by atoms with Gasteiger partial charge >= 0.3 is 0 Å². The van der Waals surface area contributed by atoms with Crippen molar-refractivity contribution >= 4 is 0 Å². The lowest BCUT2D eigenvalue weighted by atomic mass is 9.81. The van der Waals surface area contributed by atoms with Gasteiger partial charge in [0.2, 0.25) is 0 Å². The van der Waals surface area contributed by atoms with E-state index in [1.807, 2.05) is 12.4 Å². The molecule has 0 saturated carbocycles. The van der Waals surface area contributed by atoms with E-state index in [9.17, 15) is 0 Å². The summed E-state index contributed by atoms with van der Waals surface area (Å²) in [5.74, 6) is 1.71. The molecule has 2 rings (SSSR count). The van der Waals surface area contributed by atoms with Crippen LogP contribution in [-0.4, -0.2) is 18.1 Å². The minimum Gasteiger partial charge on any atom is -0.316 e. The quantitative estimate of drug-likeness (QED) is 0.817. The molecular formula is C13H20N2. The zero-order valence-corrected chi connectivity index (χ0v) is 9.45. The molecule has 0 aliphatic carbocycles.